The van der Waals surface area contributed by atoms with Crippen LogP contribution < -0.4 is 9.47 Å². The van der Waals surface area contributed by atoms with Crippen LogP contribution in [0, 0.1) is 0 Å². The molecule has 0 spiro atoms. The van der Waals surface area contributed by atoms with Crippen LogP contribution in [-0.2, 0) is 20.0 Å². The lowest BCUT2D eigenvalue weighted by Crippen LogP contribution is -2.64. The fourth-order valence-corrected chi connectivity index (χ4v) is 6.45. The molecule has 0 saturated carbocycles. The van der Waals surface area contributed by atoms with Crippen molar-refractivity contribution in [1.29, 1.82) is 0 Å². The summed E-state index contributed by atoms with van der Waals surface area (Å²) in [5.74, 6) is 0.206. The van der Waals surface area contributed by atoms with Crippen molar-refractivity contribution in [3.63, 3.8) is 0 Å². The maximum Gasteiger partial charge on any atom is 0.244 e. The molecule has 7 heteroatoms. The molecule has 0 radical (unpaired) electrons. The van der Waals surface area contributed by atoms with E-state index in [1.54, 1.807) is 44.5 Å². The van der Waals surface area contributed by atoms with E-state index in [2.05, 4.69) is 20.8 Å². The highest BCUT2D eigenvalue weighted by molar-refractivity contribution is 7.92. The number of fused-ring (bicyclic) bond motifs is 4. The van der Waals surface area contributed by atoms with Gasteiger partial charge in [-0.2, -0.15) is 0 Å². The molecule has 166 valence electrons. The summed E-state index contributed by atoms with van der Waals surface area (Å²) < 4.78 is 39.0. The smallest absolute Gasteiger partial charge is 0.244 e. The average Bonchev–Trinajstić information content (AvgIpc) is 2.71. The van der Waals surface area contributed by atoms with Crippen LogP contribution in [0.4, 0.5) is 0 Å². The lowest BCUT2D eigenvalue weighted by atomic mass is 9.80. The zero-order chi connectivity index (χ0) is 22.8. The molecule has 0 N–H and O–H groups in total. The van der Waals surface area contributed by atoms with E-state index in [4.69, 9.17) is 9.47 Å². The van der Waals surface area contributed by atoms with Crippen molar-refractivity contribution in [2.45, 2.75) is 61.3 Å². The molecule has 4 rings (SSSR count). The van der Waals surface area contributed by atoms with E-state index in [1.165, 1.54) is 4.90 Å². The minimum absolute atomic E-state index is 0.0960. The zero-order valence-electron chi connectivity index (χ0n) is 18.8. The monoisotopic (exact) mass is 443 g/mol. The summed E-state index contributed by atoms with van der Waals surface area (Å²) in [4.78, 5) is 15.0. The number of rotatable bonds is 3. The molecule has 1 saturated heterocycles. The van der Waals surface area contributed by atoms with Gasteiger partial charge in [0.1, 0.15) is 11.5 Å². The van der Waals surface area contributed by atoms with Gasteiger partial charge in [0.15, 0.2) is 20.8 Å². The minimum atomic E-state index is -3.93. The first kappa shape index (κ1) is 21.7. The Morgan fingerprint density at radius 3 is 2.35 bits per heavy atom. The van der Waals surface area contributed by atoms with Gasteiger partial charge in [0.2, 0.25) is 5.91 Å². The number of likely N-dealkylation sites (tertiary alicyclic amines) is 1. The van der Waals surface area contributed by atoms with Crippen molar-refractivity contribution < 1.29 is 22.7 Å². The third-order valence-corrected chi connectivity index (χ3v) is 8.71. The number of piperidine rings is 1. The van der Waals surface area contributed by atoms with Crippen LogP contribution >= 0.6 is 0 Å². The summed E-state index contributed by atoms with van der Waals surface area (Å²) in [6.07, 6.45) is 0.388. The molecule has 0 aromatic heterocycles. The van der Waals surface area contributed by atoms with Gasteiger partial charge in [0, 0.05) is 24.9 Å². The van der Waals surface area contributed by atoms with Crippen LogP contribution in [-0.4, -0.2) is 44.4 Å². The molecule has 2 aromatic rings. The Morgan fingerprint density at radius 1 is 1.13 bits per heavy atom. The van der Waals surface area contributed by atoms with Crippen molar-refractivity contribution in [2.75, 3.05) is 14.2 Å². The van der Waals surface area contributed by atoms with Crippen LogP contribution in [0.3, 0.4) is 0 Å². The highest BCUT2D eigenvalue weighted by Crippen LogP contribution is 2.50. The number of hydrogen-bond donors (Lipinski definition) is 0. The lowest BCUT2D eigenvalue weighted by Gasteiger charge is -2.51. The van der Waals surface area contributed by atoms with Gasteiger partial charge in [-0.05, 0) is 48.2 Å². The summed E-state index contributed by atoms with van der Waals surface area (Å²) in [6.45, 7) is 8.04. The predicted molar refractivity (Wildman–Crippen MR) is 118 cm³/mol. The Morgan fingerprint density at radius 2 is 1.77 bits per heavy atom. The Bertz CT molecular complexity index is 1130. The first-order valence-electron chi connectivity index (χ1n) is 10.4. The molecule has 3 unspecified atom stereocenters. The lowest BCUT2D eigenvalue weighted by molar-refractivity contribution is -0.159. The molecule has 1 fully saturated rings. The third kappa shape index (κ3) is 3.39. The van der Waals surface area contributed by atoms with E-state index in [9.17, 15) is 13.2 Å². The number of carbonyl (C=O) groups is 1. The summed E-state index contributed by atoms with van der Waals surface area (Å²) in [7, 11) is -0.769. The molecule has 2 aliphatic rings. The van der Waals surface area contributed by atoms with E-state index >= 15 is 0 Å². The fraction of sp³-hybridized carbons (Fsp3) is 0.458. The van der Waals surface area contributed by atoms with Crippen molar-refractivity contribution in [3.05, 3.63) is 53.6 Å². The standard InChI is InChI=1S/C24H29NO5S/c1-23(2,3)15-7-10-17(11-8-15)31(27,28)21-19-14-24(4,25(5)22(21)26)30-20-12-9-16(29-6)13-18(19)20/h7-13,19,21H,14H2,1-6H3. The van der Waals surface area contributed by atoms with Crippen LogP contribution in [0.25, 0.3) is 0 Å². The molecular formula is C24H29NO5S. The Kier molecular flexibility index (Phi) is 4.89. The van der Waals surface area contributed by atoms with Gasteiger partial charge in [-0.25, -0.2) is 8.42 Å². The molecule has 2 bridgehead atoms. The summed E-state index contributed by atoms with van der Waals surface area (Å²) in [5.41, 5.74) is 0.734. The second kappa shape index (κ2) is 6.99. The number of ether oxygens (including phenoxy) is 2. The molecule has 3 atom stereocenters. The number of hydrogen-bond acceptors (Lipinski definition) is 5. The highest BCUT2D eigenvalue weighted by Gasteiger charge is 2.57. The van der Waals surface area contributed by atoms with Crippen LogP contribution in [0.15, 0.2) is 47.4 Å². The molecule has 2 heterocycles. The van der Waals surface area contributed by atoms with Crippen molar-refractivity contribution >= 4 is 15.7 Å². The molecule has 1 amide bonds. The van der Waals surface area contributed by atoms with Gasteiger partial charge in [-0.15, -0.1) is 0 Å². The maximum atomic E-state index is 13.8. The van der Waals surface area contributed by atoms with Gasteiger partial charge in [0.05, 0.1) is 12.0 Å². The van der Waals surface area contributed by atoms with Crippen LogP contribution in [0.5, 0.6) is 11.5 Å². The first-order valence-corrected chi connectivity index (χ1v) is 11.9. The number of methoxy groups -OCH3 is 1. The van der Waals surface area contributed by atoms with E-state index < -0.39 is 32.6 Å². The van der Waals surface area contributed by atoms with E-state index in [1.807, 2.05) is 19.1 Å². The molecule has 31 heavy (non-hydrogen) atoms. The topological polar surface area (TPSA) is 72.9 Å². The number of amides is 1. The quantitative estimate of drug-likeness (QED) is 0.720. The summed E-state index contributed by atoms with van der Waals surface area (Å²) >= 11 is 0. The van der Waals surface area contributed by atoms with Gasteiger partial charge < -0.3 is 14.4 Å². The largest absolute Gasteiger partial charge is 0.497 e. The van der Waals surface area contributed by atoms with Gasteiger partial charge in [-0.3, -0.25) is 4.79 Å². The molecule has 0 aliphatic carbocycles. The van der Waals surface area contributed by atoms with Crippen molar-refractivity contribution in [2.24, 2.45) is 0 Å². The van der Waals surface area contributed by atoms with Crippen LogP contribution in [0.2, 0.25) is 0 Å². The molecule has 2 aliphatic heterocycles. The number of nitrogens with zero attached hydrogens (tertiary/aromatic N) is 1. The Balaban J connectivity index is 1.84. The predicted octanol–water partition coefficient (Wildman–Crippen LogP) is 3.89. The zero-order valence-corrected chi connectivity index (χ0v) is 19.6. The highest BCUT2D eigenvalue weighted by atomic mass is 32.2. The maximum absolute atomic E-state index is 13.8. The third-order valence-electron chi connectivity index (χ3n) is 6.58. The van der Waals surface area contributed by atoms with E-state index in [0.717, 1.165) is 5.56 Å². The van der Waals surface area contributed by atoms with Crippen LogP contribution in [0.1, 0.15) is 51.2 Å². The Labute approximate surface area is 184 Å². The Hall–Kier alpha value is -2.54. The van der Waals surface area contributed by atoms with E-state index in [-0.39, 0.29) is 10.3 Å². The molecule has 2 aromatic carbocycles. The van der Waals surface area contributed by atoms with Crippen molar-refractivity contribution in [1.82, 2.24) is 4.90 Å². The first-order chi connectivity index (χ1) is 14.4. The van der Waals surface area contributed by atoms with Gasteiger partial charge in [0.25, 0.3) is 0 Å². The summed E-state index contributed by atoms with van der Waals surface area (Å²) in [6, 6.07) is 12.2. The van der Waals surface area contributed by atoms with E-state index in [0.29, 0.717) is 23.5 Å². The summed E-state index contributed by atoms with van der Waals surface area (Å²) in [5, 5.41) is -1.22. The average molecular weight is 444 g/mol. The van der Waals surface area contributed by atoms with Gasteiger partial charge in [-0.1, -0.05) is 32.9 Å². The number of sulfone groups is 1. The number of benzene rings is 2. The fourth-order valence-electron chi connectivity index (χ4n) is 4.54. The molecular weight excluding hydrogens is 414 g/mol. The van der Waals surface area contributed by atoms with Crippen molar-refractivity contribution in [3.8, 4) is 11.5 Å². The minimum Gasteiger partial charge on any atom is -0.497 e. The normalized spacial score (nSPS) is 25.6. The van der Waals surface area contributed by atoms with Gasteiger partial charge >= 0.3 is 0 Å². The molecule has 6 nitrogen and oxygen atoms in total. The number of carbonyl (C=O) groups excluding carboxylic acids is 1. The SMILES string of the molecule is COc1ccc2c(c1)C1CC(C)(O2)N(C)C(=O)C1S(=O)(=O)c1ccc(C(C)(C)C)cc1. The second-order valence-electron chi connectivity index (χ2n) is 9.63. The second-order valence-corrected chi connectivity index (χ2v) is 11.7.